The SMILES string of the molecule is CCCN(CCC)C(=O)c1cccc(NC(=O)CNc2cccc(NC(=O)C(C)C)c2)c1. The second-order valence-corrected chi connectivity index (χ2v) is 8.00. The fourth-order valence-electron chi connectivity index (χ4n) is 3.15. The third-order valence-corrected chi connectivity index (χ3v) is 4.78. The zero-order valence-corrected chi connectivity index (χ0v) is 19.4. The molecule has 0 saturated heterocycles. The van der Waals surface area contributed by atoms with Crippen LogP contribution in [0.5, 0.6) is 0 Å². The van der Waals surface area contributed by atoms with Crippen LogP contribution in [-0.2, 0) is 9.59 Å². The quantitative estimate of drug-likeness (QED) is 0.478. The molecule has 0 aliphatic rings. The number of amides is 3. The van der Waals surface area contributed by atoms with E-state index >= 15 is 0 Å². The summed E-state index contributed by atoms with van der Waals surface area (Å²) < 4.78 is 0. The second kappa shape index (κ2) is 12.5. The van der Waals surface area contributed by atoms with E-state index in [2.05, 4.69) is 16.0 Å². The summed E-state index contributed by atoms with van der Waals surface area (Å²) >= 11 is 0. The van der Waals surface area contributed by atoms with Gasteiger partial charge in [-0.15, -0.1) is 0 Å². The Morgan fingerprint density at radius 2 is 1.44 bits per heavy atom. The van der Waals surface area contributed by atoms with Crippen molar-refractivity contribution in [3.8, 4) is 0 Å². The molecule has 0 aliphatic heterocycles. The van der Waals surface area contributed by atoms with Gasteiger partial charge in [0.15, 0.2) is 0 Å². The largest absolute Gasteiger partial charge is 0.376 e. The number of carbonyl (C=O) groups excluding carboxylic acids is 3. The minimum atomic E-state index is -0.231. The standard InChI is InChI=1S/C25H34N4O3/c1-5-13-29(14-6-2)25(32)19-9-7-11-21(15-19)27-23(30)17-26-20-10-8-12-22(16-20)28-24(31)18(3)4/h7-12,15-16,18,26H,5-6,13-14,17H2,1-4H3,(H,27,30)(H,28,31). The molecule has 172 valence electrons. The molecule has 0 unspecified atom stereocenters. The number of anilines is 3. The van der Waals surface area contributed by atoms with Gasteiger partial charge in [-0.25, -0.2) is 0 Å². The van der Waals surface area contributed by atoms with Crippen molar-refractivity contribution in [2.24, 2.45) is 5.92 Å². The van der Waals surface area contributed by atoms with Gasteiger partial charge in [0.25, 0.3) is 5.91 Å². The summed E-state index contributed by atoms with van der Waals surface area (Å²) in [6.45, 7) is 9.23. The molecule has 7 nitrogen and oxygen atoms in total. The Morgan fingerprint density at radius 1 is 0.844 bits per heavy atom. The molecule has 0 fully saturated rings. The van der Waals surface area contributed by atoms with Crippen LogP contribution in [0.1, 0.15) is 50.9 Å². The summed E-state index contributed by atoms with van der Waals surface area (Å²) in [6.07, 6.45) is 1.80. The first kappa shape index (κ1) is 24.9. The van der Waals surface area contributed by atoms with Crippen LogP contribution in [0.25, 0.3) is 0 Å². The van der Waals surface area contributed by atoms with Gasteiger partial charge in [0.1, 0.15) is 0 Å². The fraction of sp³-hybridized carbons (Fsp3) is 0.400. The van der Waals surface area contributed by atoms with Crippen LogP contribution in [-0.4, -0.2) is 42.3 Å². The van der Waals surface area contributed by atoms with Crippen LogP contribution in [0.3, 0.4) is 0 Å². The predicted octanol–water partition coefficient (Wildman–Crippen LogP) is 4.59. The summed E-state index contributed by atoms with van der Waals surface area (Å²) in [7, 11) is 0. The van der Waals surface area contributed by atoms with Crippen LogP contribution < -0.4 is 16.0 Å². The van der Waals surface area contributed by atoms with E-state index in [-0.39, 0.29) is 30.2 Å². The number of rotatable bonds is 11. The first-order valence-electron chi connectivity index (χ1n) is 11.2. The molecule has 32 heavy (non-hydrogen) atoms. The van der Waals surface area contributed by atoms with Gasteiger partial charge >= 0.3 is 0 Å². The molecule has 0 radical (unpaired) electrons. The highest BCUT2D eigenvalue weighted by Gasteiger charge is 2.15. The third kappa shape index (κ3) is 7.72. The fourth-order valence-corrected chi connectivity index (χ4v) is 3.15. The molecule has 0 atom stereocenters. The van der Waals surface area contributed by atoms with Crippen molar-refractivity contribution in [1.82, 2.24) is 4.90 Å². The van der Waals surface area contributed by atoms with Crippen molar-refractivity contribution in [3.63, 3.8) is 0 Å². The molecule has 0 heterocycles. The van der Waals surface area contributed by atoms with Gasteiger partial charge < -0.3 is 20.9 Å². The van der Waals surface area contributed by atoms with E-state index in [1.807, 2.05) is 44.7 Å². The Hall–Kier alpha value is -3.35. The normalized spacial score (nSPS) is 10.5. The Kier molecular flexibility index (Phi) is 9.73. The van der Waals surface area contributed by atoms with Gasteiger partial charge in [-0.05, 0) is 49.2 Å². The van der Waals surface area contributed by atoms with Gasteiger partial charge in [-0.1, -0.05) is 39.8 Å². The highest BCUT2D eigenvalue weighted by atomic mass is 16.2. The molecule has 0 bridgehead atoms. The maximum Gasteiger partial charge on any atom is 0.253 e. The molecule has 7 heteroatoms. The maximum atomic E-state index is 12.8. The topological polar surface area (TPSA) is 90.5 Å². The molecule has 2 aromatic carbocycles. The summed E-state index contributed by atoms with van der Waals surface area (Å²) in [6, 6.07) is 14.2. The minimum absolute atomic E-state index is 0.0248. The number of nitrogens with zero attached hydrogens (tertiary/aromatic N) is 1. The lowest BCUT2D eigenvalue weighted by Crippen LogP contribution is -2.32. The van der Waals surface area contributed by atoms with Crippen LogP contribution >= 0.6 is 0 Å². The van der Waals surface area contributed by atoms with E-state index in [0.29, 0.717) is 30.0 Å². The molecule has 0 aromatic heterocycles. The first-order chi connectivity index (χ1) is 15.3. The van der Waals surface area contributed by atoms with Gasteiger partial charge in [0.05, 0.1) is 6.54 Å². The van der Waals surface area contributed by atoms with Crippen molar-refractivity contribution in [1.29, 1.82) is 0 Å². The summed E-state index contributed by atoms with van der Waals surface area (Å²) in [5, 5.41) is 8.73. The van der Waals surface area contributed by atoms with Crippen LogP contribution in [0, 0.1) is 5.92 Å². The molecule has 2 aromatic rings. The average molecular weight is 439 g/mol. The predicted molar refractivity (Wildman–Crippen MR) is 130 cm³/mol. The molecule has 3 N–H and O–H groups in total. The van der Waals surface area contributed by atoms with E-state index in [1.165, 1.54) is 0 Å². The number of benzene rings is 2. The lowest BCUT2D eigenvalue weighted by atomic mass is 10.1. The van der Waals surface area contributed by atoms with E-state index < -0.39 is 0 Å². The summed E-state index contributed by atoms with van der Waals surface area (Å²) in [4.78, 5) is 38.9. The smallest absolute Gasteiger partial charge is 0.253 e. The highest BCUT2D eigenvalue weighted by Crippen LogP contribution is 2.17. The molecule has 3 amide bonds. The Labute approximate surface area is 190 Å². The third-order valence-electron chi connectivity index (χ3n) is 4.78. The van der Waals surface area contributed by atoms with Gasteiger partial charge in [-0.3, -0.25) is 14.4 Å². The maximum absolute atomic E-state index is 12.8. The lowest BCUT2D eigenvalue weighted by Gasteiger charge is -2.21. The molecular weight excluding hydrogens is 404 g/mol. The zero-order valence-electron chi connectivity index (χ0n) is 19.4. The summed E-state index contributed by atoms with van der Waals surface area (Å²) in [5.74, 6) is -0.435. The van der Waals surface area contributed by atoms with Crippen molar-refractivity contribution in [3.05, 3.63) is 54.1 Å². The van der Waals surface area contributed by atoms with Crippen molar-refractivity contribution in [2.45, 2.75) is 40.5 Å². The van der Waals surface area contributed by atoms with E-state index in [4.69, 9.17) is 0 Å². The number of hydrogen-bond donors (Lipinski definition) is 3. The van der Waals surface area contributed by atoms with Crippen molar-refractivity contribution < 1.29 is 14.4 Å². The van der Waals surface area contributed by atoms with E-state index in [1.54, 1.807) is 36.4 Å². The van der Waals surface area contributed by atoms with Crippen LogP contribution in [0.15, 0.2) is 48.5 Å². The minimum Gasteiger partial charge on any atom is -0.376 e. The first-order valence-corrected chi connectivity index (χ1v) is 11.2. The second-order valence-electron chi connectivity index (χ2n) is 8.00. The van der Waals surface area contributed by atoms with E-state index in [9.17, 15) is 14.4 Å². The monoisotopic (exact) mass is 438 g/mol. The zero-order chi connectivity index (χ0) is 23.5. The average Bonchev–Trinajstić information content (AvgIpc) is 2.77. The molecular formula is C25H34N4O3. The van der Waals surface area contributed by atoms with Gasteiger partial charge in [0, 0.05) is 41.6 Å². The van der Waals surface area contributed by atoms with Crippen molar-refractivity contribution in [2.75, 3.05) is 35.6 Å². The van der Waals surface area contributed by atoms with E-state index in [0.717, 1.165) is 18.5 Å². The Bertz CT molecular complexity index is 921. The Morgan fingerprint density at radius 3 is 2.06 bits per heavy atom. The Balaban J connectivity index is 1.96. The van der Waals surface area contributed by atoms with Gasteiger partial charge in [0.2, 0.25) is 11.8 Å². The lowest BCUT2D eigenvalue weighted by molar-refractivity contribution is -0.119. The summed E-state index contributed by atoms with van der Waals surface area (Å²) in [5.41, 5.74) is 2.53. The van der Waals surface area contributed by atoms with Gasteiger partial charge in [-0.2, -0.15) is 0 Å². The highest BCUT2D eigenvalue weighted by molar-refractivity contribution is 5.98. The molecule has 0 aliphatic carbocycles. The molecule has 2 rings (SSSR count). The van der Waals surface area contributed by atoms with Crippen LogP contribution in [0.2, 0.25) is 0 Å². The number of hydrogen-bond acceptors (Lipinski definition) is 4. The molecule has 0 saturated carbocycles. The molecule has 0 spiro atoms. The van der Waals surface area contributed by atoms with Crippen molar-refractivity contribution >= 4 is 34.8 Å². The number of nitrogens with one attached hydrogen (secondary N) is 3. The number of carbonyl (C=O) groups is 3. The van der Waals surface area contributed by atoms with Crippen LogP contribution in [0.4, 0.5) is 17.1 Å².